The second kappa shape index (κ2) is 13.2. The molecule has 2 N–H and O–H groups in total. The number of piperidine rings is 1. The fraction of sp³-hybridized carbons (Fsp3) is 0.611. The number of unbranched alkanes of at least 4 members (excludes halogenated alkanes) is 3. The summed E-state index contributed by atoms with van der Waals surface area (Å²) in [6, 6.07) is 11.1. The monoisotopic (exact) mass is 343 g/mol. The summed E-state index contributed by atoms with van der Waals surface area (Å²) in [6.07, 6.45) is 6.41. The molecule has 1 aromatic carbocycles. The van der Waals surface area contributed by atoms with Crippen LogP contribution in [0, 0.1) is 0 Å². The zero-order valence-electron chi connectivity index (χ0n) is 14.0. The van der Waals surface area contributed by atoms with Crippen molar-refractivity contribution in [2.24, 2.45) is 0 Å². The van der Waals surface area contributed by atoms with Gasteiger partial charge < -0.3 is 15.1 Å². The van der Waals surface area contributed by atoms with Gasteiger partial charge in [0.25, 0.3) is 0 Å². The van der Waals surface area contributed by atoms with Crippen LogP contribution in [-0.4, -0.2) is 40.9 Å². The molecule has 1 heterocycles. The Morgan fingerprint density at radius 1 is 1.09 bits per heavy atom. The van der Waals surface area contributed by atoms with Gasteiger partial charge in [-0.05, 0) is 50.4 Å². The fourth-order valence-electron chi connectivity index (χ4n) is 2.98. The molecule has 0 atom stereocenters. The van der Waals surface area contributed by atoms with E-state index in [2.05, 4.69) is 42.2 Å². The quantitative estimate of drug-likeness (QED) is 0.706. The average molecular weight is 344 g/mol. The van der Waals surface area contributed by atoms with Crippen molar-refractivity contribution in [1.29, 1.82) is 0 Å². The largest absolute Gasteiger partial charge is 0.503 e. The van der Waals surface area contributed by atoms with Crippen molar-refractivity contribution in [2.45, 2.75) is 51.4 Å². The van der Waals surface area contributed by atoms with Crippen LogP contribution in [0.3, 0.4) is 0 Å². The summed E-state index contributed by atoms with van der Waals surface area (Å²) in [7, 11) is 0. The van der Waals surface area contributed by atoms with Crippen LogP contribution in [0.5, 0.6) is 0 Å². The van der Waals surface area contributed by atoms with E-state index in [0.29, 0.717) is 0 Å². The van der Waals surface area contributed by atoms with Crippen LogP contribution in [0.15, 0.2) is 30.3 Å². The fourth-order valence-corrected chi connectivity index (χ4v) is 2.98. The zero-order valence-corrected chi connectivity index (χ0v) is 14.8. The van der Waals surface area contributed by atoms with Gasteiger partial charge in [-0.2, -0.15) is 0 Å². The minimum Gasteiger partial charge on any atom is -0.450 e. The number of rotatable bonds is 6. The molecule has 5 heteroatoms. The predicted molar refractivity (Wildman–Crippen MR) is 96.9 cm³/mol. The highest BCUT2D eigenvalue weighted by molar-refractivity contribution is 5.85. The van der Waals surface area contributed by atoms with Gasteiger partial charge in [0.1, 0.15) is 0 Å². The molecule has 0 bridgehead atoms. The molecule has 0 saturated carbocycles. The SMILES string of the molecule is CCCCCCN1CCC(c2ccccc2)CC1.Cl.O=C(O)O. The first-order valence-corrected chi connectivity index (χ1v) is 8.32. The Kier molecular flexibility index (Phi) is 12.5. The number of hydrogen-bond acceptors (Lipinski definition) is 2. The van der Waals surface area contributed by atoms with E-state index in [1.165, 1.54) is 58.2 Å². The lowest BCUT2D eigenvalue weighted by molar-refractivity contribution is 0.137. The Bertz CT molecular complexity index is 402. The van der Waals surface area contributed by atoms with Crippen LogP contribution >= 0.6 is 12.4 Å². The van der Waals surface area contributed by atoms with Crippen molar-refractivity contribution in [3.63, 3.8) is 0 Å². The van der Waals surface area contributed by atoms with E-state index in [9.17, 15) is 0 Å². The van der Waals surface area contributed by atoms with Gasteiger partial charge in [-0.25, -0.2) is 4.79 Å². The lowest BCUT2D eigenvalue weighted by atomic mass is 9.89. The molecule has 0 aliphatic carbocycles. The van der Waals surface area contributed by atoms with Gasteiger partial charge in [-0.3, -0.25) is 0 Å². The van der Waals surface area contributed by atoms with Gasteiger partial charge in [0.15, 0.2) is 0 Å². The summed E-state index contributed by atoms with van der Waals surface area (Å²) in [4.78, 5) is 11.2. The van der Waals surface area contributed by atoms with Crippen LogP contribution in [0.25, 0.3) is 0 Å². The third kappa shape index (κ3) is 10.2. The molecule has 132 valence electrons. The summed E-state index contributed by atoms with van der Waals surface area (Å²) in [5.41, 5.74) is 1.54. The maximum absolute atomic E-state index is 8.56. The van der Waals surface area contributed by atoms with Crippen molar-refractivity contribution in [2.75, 3.05) is 19.6 Å². The van der Waals surface area contributed by atoms with Gasteiger partial charge in [0.2, 0.25) is 0 Å². The van der Waals surface area contributed by atoms with E-state index in [1.807, 2.05) is 0 Å². The third-order valence-electron chi connectivity index (χ3n) is 4.19. The zero-order chi connectivity index (χ0) is 16.2. The number of carboxylic acid groups (broad SMARTS) is 2. The van der Waals surface area contributed by atoms with Crippen molar-refractivity contribution < 1.29 is 15.0 Å². The van der Waals surface area contributed by atoms with E-state index in [1.54, 1.807) is 5.56 Å². The maximum Gasteiger partial charge on any atom is 0.503 e. The molecule has 0 unspecified atom stereocenters. The molecule has 1 fully saturated rings. The van der Waals surface area contributed by atoms with Gasteiger partial charge in [0.05, 0.1) is 0 Å². The van der Waals surface area contributed by atoms with Gasteiger partial charge >= 0.3 is 6.16 Å². The molecule has 1 aliphatic heterocycles. The summed E-state index contributed by atoms with van der Waals surface area (Å²) in [5, 5.41) is 13.9. The van der Waals surface area contributed by atoms with E-state index in [-0.39, 0.29) is 12.4 Å². The Morgan fingerprint density at radius 2 is 1.65 bits per heavy atom. The number of hydrogen-bond donors (Lipinski definition) is 2. The number of halogens is 1. The highest BCUT2D eigenvalue weighted by atomic mass is 35.5. The number of likely N-dealkylation sites (tertiary alicyclic amines) is 1. The van der Waals surface area contributed by atoms with Crippen LogP contribution in [-0.2, 0) is 0 Å². The van der Waals surface area contributed by atoms with E-state index < -0.39 is 6.16 Å². The molecule has 2 rings (SSSR count). The highest BCUT2D eigenvalue weighted by Gasteiger charge is 2.19. The lowest BCUT2D eigenvalue weighted by Gasteiger charge is -2.32. The smallest absolute Gasteiger partial charge is 0.450 e. The predicted octanol–water partition coefficient (Wildman–Crippen LogP) is 5.09. The summed E-state index contributed by atoms with van der Waals surface area (Å²) in [6.45, 7) is 6.20. The number of benzene rings is 1. The normalized spacial score (nSPS) is 15.2. The minimum atomic E-state index is -1.83. The summed E-state index contributed by atoms with van der Waals surface area (Å²) >= 11 is 0. The first-order valence-electron chi connectivity index (χ1n) is 8.32. The Morgan fingerprint density at radius 3 is 2.17 bits per heavy atom. The maximum atomic E-state index is 8.56. The molecule has 0 radical (unpaired) electrons. The topological polar surface area (TPSA) is 60.8 Å². The highest BCUT2D eigenvalue weighted by Crippen LogP contribution is 2.27. The Hall–Kier alpha value is -1.26. The molecule has 0 spiro atoms. The molecule has 1 aromatic rings. The lowest BCUT2D eigenvalue weighted by Crippen LogP contribution is -2.33. The van der Waals surface area contributed by atoms with Crippen molar-refractivity contribution >= 4 is 18.6 Å². The molecule has 4 nitrogen and oxygen atoms in total. The van der Waals surface area contributed by atoms with Crippen molar-refractivity contribution in [1.82, 2.24) is 4.90 Å². The van der Waals surface area contributed by atoms with Crippen LogP contribution in [0.1, 0.15) is 56.9 Å². The molecular formula is C18H30ClNO3. The van der Waals surface area contributed by atoms with Gasteiger partial charge in [-0.15, -0.1) is 12.4 Å². The first kappa shape index (κ1) is 21.7. The van der Waals surface area contributed by atoms with Gasteiger partial charge in [-0.1, -0.05) is 56.5 Å². The van der Waals surface area contributed by atoms with E-state index in [0.717, 1.165) is 5.92 Å². The minimum absolute atomic E-state index is 0. The average Bonchev–Trinajstić information content (AvgIpc) is 2.53. The Labute approximate surface area is 145 Å². The van der Waals surface area contributed by atoms with Crippen molar-refractivity contribution in [3.05, 3.63) is 35.9 Å². The van der Waals surface area contributed by atoms with E-state index in [4.69, 9.17) is 15.0 Å². The second-order valence-corrected chi connectivity index (χ2v) is 5.87. The third-order valence-corrected chi connectivity index (χ3v) is 4.19. The molecular weight excluding hydrogens is 314 g/mol. The van der Waals surface area contributed by atoms with Crippen LogP contribution < -0.4 is 0 Å². The van der Waals surface area contributed by atoms with Crippen LogP contribution in [0.4, 0.5) is 4.79 Å². The summed E-state index contributed by atoms with van der Waals surface area (Å²) < 4.78 is 0. The molecule has 1 saturated heterocycles. The van der Waals surface area contributed by atoms with Crippen molar-refractivity contribution in [3.8, 4) is 0 Å². The molecule has 1 aliphatic rings. The summed E-state index contributed by atoms with van der Waals surface area (Å²) in [5.74, 6) is 0.804. The number of nitrogens with zero attached hydrogens (tertiary/aromatic N) is 1. The number of carbonyl (C=O) groups is 1. The van der Waals surface area contributed by atoms with Crippen LogP contribution in [0.2, 0.25) is 0 Å². The molecule has 0 amide bonds. The first-order chi connectivity index (χ1) is 10.6. The van der Waals surface area contributed by atoms with Gasteiger partial charge in [0, 0.05) is 0 Å². The molecule has 0 aromatic heterocycles. The standard InChI is InChI=1S/C17H27N.CH2O3.ClH/c1-2-3-4-8-13-18-14-11-17(12-15-18)16-9-6-5-7-10-16;2-1(3)4;/h5-7,9-10,17H,2-4,8,11-15H2,1H3;(H2,2,3,4);1H. The second-order valence-electron chi connectivity index (χ2n) is 5.87. The Balaban J connectivity index is 0.000000871. The van der Waals surface area contributed by atoms with E-state index >= 15 is 0 Å². The molecule has 23 heavy (non-hydrogen) atoms.